The molecule has 4 heterocycles. The lowest BCUT2D eigenvalue weighted by molar-refractivity contribution is 0.0602. The van der Waals surface area contributed by atoms with Gasteiger partial charge in [-0.3, -0.25) is 9.69 Å². The van der Waals surface area contributed by atoms with E-state index >= 15 is 4.39 Å². The summed E-state index contributed by atoms with van der Waals surface area (Å²) < 4.78 is 74.5. The summed E-state index contributed by atoms with van der Waals surface area (Å²) in [7, 11) is -4.31. The van der Waals surface area contributed by atoms with Gasteiger partial charge in [0, 0.05) is 43.3 Å². The Morgan fingerprint density at radius 3 is 2.32 bits per heavy atom. The number of aryl methyl sites for hydroxylation is 1. The monoisotopic (exact) mass is 707 g/mol. The van der Waals surface area contributed by atoms with Crippen LogP contribution in [0.1, 0.15) is 86.6 Å². The number of rotatable bonds is 9. The molecule has 4 aromatic rings. The van der Waals surface area contributed by atoms with E-state index < -0.39 is 49.5 Å². The maximum atomic E-state index is 15.0. The van der Waals surface area contributed by atoms with Crippen LogP contribution in [-0.2, 0) is 15.4 Å². The molecule has 2 atom stereocenters. The average Bonchev–Trinajstić information content (AvgIpc) is 3.53. The van der Waals surface area contributed by atoms with Gasteiger partial charge in [0.25, 0.3) is 5.91 Å². The van der Waals surface area contributed by atoms with Gasteiger partial charge in [-0.15, -0.1) is 0 Å². The van der Waals surface area contributed by atoms with Crippen molar-refractivity contribution in [2.45, 2.75) is 100 Å². The van der Waals surface area contributed by atoms with E-state index in [-0.39, 0.29) is 18.9 Å². The van der Waals surface area contributed by atoms with Crippen LogP contribution in [0.5, 0.6) is 0 Å². The Kier molecular flexibility index (Phi) is 9.32. The first-order valence-corrected chi connectivity index (χ1v) is 19.1. The molecule has 0 radical (unpaired) electrons. The normalized spacial score (nSPS) is 22.5. The van der Waals surface area contributed by atoms with E-state index in [0.29, 0.717) is 37.0 Å². The lowest BCUT2D eigenvalue weighted by Gasteiger charge is -2.45. The maximum Gasteiger partial charge on any atom is 0.256 e. The highest BCUT2D eigenvalue weighted by molar-refractivity contribution is 7.89. The van der Waals surface area contributed by atoms with Crippen LogP contribution in [-0.4, -0.2) is 71.4 Å². The number of hydrogen-bond donors (Lipinski definition) is 1. The molecular formula is C38H44F3N5O3S. The molecule has 1 N–H and O–H groups in total. The summed E-state index contributed by atoms with van der Waals surface area (Å²) >= 11 is 0. The Bertz CT molecular complexity index is 2010. The molecule has 0 saturated carbocycles. The lowest BCUT2D eigenvalue weighted by atomic mass is 9.70. The number of halogens is 3. The molecule has 2 bridgehead atoms. The van der Waals surface area contributed by atoms with Crippen molar-refractivity contribution in [2.24, 2.45) is 0 Å². The minimum absolute atomic E-state index is 0.264. The molecule has 3 aliphatic heterocycles. The van der Waals surface area contributed by atoms with Crippen molar-refractivity contribution in [1.82, 2.24) is 24.1 Å². The number of nitrogens with zero attached hydrogens (tertiary/aromatic N) is 4. The molecule has 50 heavy (non-hydrogen) atoms. The van der Waals surface area contributed by atoms with Gasteiger partial charge in [0.15, 0.2) is 0 Å². The van der Waals surface area contributed by atoms with Gasteiger partial charge in [-0.1, -0.05) is 24.3 Å². The first kappa shape index (κ1) is 34.7. The second-order valence-electron chi connectivity index (χ2n) is 14.6. The molecule has 266 valence electrons. The average molecular weight is 708 g/mol. The van der Waals surface area contributed by atoms with Gasteiger partial charge in [0.1, 0.15) is 28.2 Å². The van der Waals surface area contributed by atoms with Crippen molar-refractivity contribution < 1.29 is 26.4 Å². The van der Waals surface area contributed by atoms with E-state index in [4.69, 9.17) is 4.98 Å². The number of piperidine rings is 2. The number of amides is 1. The fraction of sp³-hybridized carbons (Fsp3) is 0.474. The van der Waals surface area contributed by atoms with Crippen LogP contribution in [0.2, 0.25) is 0 Å². The number of benzene rings is 3. The molecule has 8 nitrogen and oxygen atoms in total. The third-order valence-corrected chi connectivity index (χ3v) is 12.9. The van der Waals surface area contributed by atoms with Gasteiger partial charge in [-0.2, -0.15) is 0 Å². The van der Waals surface area contributed by atoms with E-state index in [1.165, 1.54) is 16.5 Å². The first-order chi connectivity index (χ1) is 23.8. The van der Waals surface area contributed by atoms with Crippen LogP contribution in [0.3, 0.4) is 0 Å². The topological polar surface area (TPSA) is 87.5 Å². The number of likely N-dealkylation sites (tertiary alicyclic amines) is 1. The molecule has 1 aromatic heterocycles. The van der Waals surface area contributed by atoms with Crippen LogP contribution in [0.25, 0.3) is 11.0 Å². The lowest BCUT2D eigenvalue weighted by Crippen LogP contribution is -2.49. The van der Waals surface area contributed by atoms with Gasteiger partial charge in [0.05, 0.1) is 16.6 Å². The third kappa shape index (κ3) is 6.46. The first-order valence-electron chi connectivity index (χ1n) is 17.6. The van der Waals surface area contributed by atoms with Crippen molar-refractivity contribution in [3.8, 4) is 0 Å². The Morgan fingerprint density at radius 1 is 0.940 bits per heavy atom. The number of hydrogen-bond acceptors (Lipinski definition) is 5. The molecule has 3 fully saturated rings. The summed E-state index contributed by atoms with van der Waals surface area (Å²) in [4.78, 5) is 21.8. The van der Waals surface area contributed by atoms with Crippen LogP contribution >= 0.6 is 0 Å². The molecule has 3 saturated heterocycles. The molecule has 0 spiro atoms. The van der Waals surface area contributed by atoms with Gasteiger partial charge in [0.2, 0.25) is 10.0 Å². The highest BCUT2D eigenvalue weighted by Crippen LogP contribution is 2.45. The van der Waals surface area contributed by atoms with E-state index in [1.807, 2.05) is 12.1 Å². The Labute approximate surface area is 291 Å². The molecule has 3 aliphatic rings. The minimum atomic E-state index is -4.31. The summed E-state index contributed by atoms with van der Waals surface area (Å²) in [6.45, 7) is 6.62. The molecule has 2 unspecified atom stereocenters. The second-order valence-corrected chi connectivity index (χ2v) is 16.3. The number of sulfonamides is 1. The second kappa shape index (κ2) is 13.4. The van der Waals surface area contributed by atoms with E-state index in [9.17, 15) is 22.0 Å². The highest BCUT2D eigenvalue weighted by atomic mass is 32.2. The Hall–Kier alpha value is -3.74. The number of fused-ring (bicyclic) bond motifs is 3. The van der Waals surface area contributed by atoms with Crippen molar-refractivity contribution in [2.75, 3.05) is 19.6 Å². The summed E-state index contributed by atoms with van der Waals surface area (Å²) in [5, 5.41) is 0. The summed E-state index contributed by atoms with van der Waals surface area (Å²) in [6.07, 6.45) is 6.18. The largest absolute Gasteiger partial charge is 0.338 e. The number of imidazole rings is 1. The van der Waals surface area contributed by atoms with Crippen LogP contribution in [0, 0.1) is 24.4 Å². The van der Waals surface area contributed by atoms with Crippen molar-refractivity contribution in [1.29, 1.82) is 0 Å². The van der Waals surface area contributed by atoms with Crippen molar-refractivity contribution >= 4 is 27.0 Å². The number of para-hydroxylation sites is 2. The summed E-state index contributed by atoms with van der Waals surface area (Å²) in [5.74, 6) is -2.35. The SMILES string of the molecule is Cc1nc2ccccc2n1C1CC2CCC(C1)N2CCC1(c2cccc(F)c2)CCN(C(=O)c2cc(S(=O)(=O)NC(C)C)c(F)cc2F)CC1. The van der Waals surface area contributed by atoms with Gasteiger partial charge < -0.3 is 9.47 Å². The van der Waals surface area contributed by atoms with E-state index in [2.05, 4.69) is 39.3 Å². The smallest absolute Gasteiger partial charge is 0.256 e. The number of aromatic nitrogens is 2. The molecule has 7 rings (SSSR count). The predicted octanol–water partition coefficient (Wildman–Crippen LogP) is 6.88. The highest BCUT2D eigenvalue weighted by Gasteiger charge is 2.44. The molecule has 0 aliphatic carbocycles. The third-order valence-electron chi connectivity index (χ3n) is 11.2. The van der Waals surface area contributed by atoms with Crippen molar-refractivity contribution in [3.63, 3.8) is 0 Å². The zero-order valence-electron chi connectivity index (χ0n) is 28.7. The van der Waals surface area contributed by atoms with Crippen molar-refractivity contribution in [3.05, 3.63) is 95.1 Å². The molecule has 12 heteroatoms. The summed E-state index contributed by atoms with van der Waals surface area (Å²) in [5.41, 5.74) is 2.18. The maximum absolute atomic E-state index is 15.0. The summed E-state index contributed by atoms with van der Waals surface area (Å²) in [6, 6.07) is 17.0. The van der Waals surface area contributed by atoms with Crippen LogP contribution in [0.4, 0.5) is 13.2 Å². The van der Waals surface area contributed by atoms with Crippen LogP contribution in [0.15, 0.2) is 65.6 Å². The number of nitrogens with one attached hydrogen (secondary N) is 1. The zero-order valence-corrected chi connectivity index (χ0v) is 29.5. The van der Waals surface area contributed by atoms with Crippen LogP contribution < -0.4 is 4.72 Å². The zero-order chi connectivity index (χ0) is 35.4. The van der Waals surface area contributed by atoms with E-state index in [1.54, 1.807) is 26.0 Å². The Morgan fingerprint density at radius 2 is 1.64 bits per heavy atom. The fourth-order valence-electron chi connectivity index (χ4n) is 8.87. The molecule has 3 aromatic carbocycles. The number of carbonyl (C=O) groups is 1. The van der Waals surface area contributed by atoms with Gasteiger partial charge in [-0.05, 0) is 114 Å². The fourth-order valence-corrected chi connectivity index (χ4v) is 10.2. The quantitative estimate of drug-likeness (QED) is 0.205. The molecule has 1 amide bonds. The predicted molar refractivity (Wildman–Crippen MR) is 186 cm³/mol. The molecular weight excluding hydrogens is 664 g/mol. The van der Waals surface area contributed by atoms with Gasteiger partial charge in [-0.25, -0.2) is 31.3 Å². The minimum Gasteiger partial charge on any atom is -0.338 e. The number of carbonyl (C=O) groups excluding carboxylic acids is 1. The standard InChI is InChI=1S/C38H44F3N5O3S/c1-24(2)43-50(48,49)36-22-31(32(40)23-33(36)41)37(47)44-16-13-38(14-17-44,26-7-6-8-27(39)19-26)15-18-45-28-11-12-29(45)21-30(20-28)46-25(3)42-34-9-4-5-10-35(34)46/h4-10,19,22-24,28-30,43H,11-18,20-21H2,1-3H3. The van der Waals surface area contributed by atoms with Gasteiger partial charge >= 0.3 is 0 Å². The van der Waals surface area contributed by atoms with E-state index in [0.717, 1.165) is 61.6 Å². The Balaban J connectivity index is 1.08.